The van der Waals surface area contributed by atoms with E-state index < -0.39 is 0 Å². The topological polar surface area (TPSA) is 83.3 Å². The first kappa shape index (κ1) is 13.6. The van der Waals surface area contributed by atoms with Gasteiger partial charge in [-0.15, -0.1) is 5.10 Å². The van der Waals surface area contributed by atoms with Gasteiger partial charge in [-0.25, -0.2) is 0 Å². The Morgan fingerprint density at radius 1 is 1.47 bits per heavy atom. The Labute approximate surface area is 101 Å². The van der Waals surface area contributed by atoms with Gasteiger partial charge in [0.1, 0.15) is 0 Å². The van der Waals surface area contributed by atoms with Crippen LogP contribution in [0.3, 0.4) is 0 Å². The van der Waals surface area contributed by atoms with Gasteiger partial charge in [-0.1, -0.05) is 5.10 Å². The molecule has 0 spiro atoms. The summed E-state index contributed by atoms with van der Waals surface area (Å²) in [5.41, 5.74) is 0. The van der Waals surface area contributed by atoms with Gasteiger partial charge in [0.2, 0.25) is 11.8 Å². The predicted molar refractivity (Wildman–Crippen MR) is 63.7 cm³/mol. The summed E-state index contributed by atoms with van der Waals surface area (Å²) in [6, 6.07) is 0.149. The molecule has 0 atom stereocenters. The summed E-state index contributed by atoms with van der Waals surface area (Å²) < 4.78 is 5.05. The fourth-order valence-electron chi connectivity index (χ4n) is 1.36. The van der Waals surface area contributed by atoms with Gasteiger partial charge in [0.05, 0.1) is 6.54 Å². The molecular formula is C10H19N5O2. The summed E-state index contributed by atoms with van der Waals surface area (Å²) in [5, 5.41) is 12.9. The van der Waals surface area contributed by atoms with Crippen LogP contribution in [0.5, 0.6) is 0 Å². The third kappa shape index (κ3) is 5.41. The van der Waals surface area contributed by atoms with Crippen LogP contribution in [-0.2, 0) is 4.79 Å². The lowest BCUT2D eigenvalue weighted by Gasteiger charge is -2.14. The van der Waals surface area contributed by atoms with E-state index in [0.29, 0.717) is 12.4 Å². The van der Waals surface area contributed by atoms with Gasteiger partial charge in [0.25, 0.3) is 0 Å². The molecule has 0 bridgehead atoms. The zero-order valence-electron chi connectivity index (χ0n) is 10.5. The van der Waals surface area contributed by atoms with Crippen molar-refractivity contribution in [2.24, 2.45) is 0 Å². The number of aromatic nitrogens is 2. The molecule has 0 fully saturated rings. The number of likely N-dealkylation sites (N-methyl/N-ethyl adjacent to an activating group) is 1. The van der Waals surface area contributed by atoms with E-state index in [1.54, 1.807) is 6.92 Å². The van der Waals surface area contributed by atoms with Crippen LogP contribution in [0.4, 0.5) is 6.01 Å². The van der Waals surface area contributed by atoms with Crippen LogP contribution in [0, 0.1) is 6.92 Å². The lowest BCUT2D eigenvalue weighted by Crippen LogP contribution is -2.32. The van der Waals surface area contributed by atoms with E-state index in [9.17, 15) is 4.79 Å². The first-order valence-electron chi connectivity index (χ1n) is 5.55. The number of nitrogens with one attached hydrogen (secondary N) is 2. The van der Waals surface area contributed by atoms with Gasteiger partial charge in [-0.05, 0) is 33.6 Å². The van der Waals surface area contributed by atoms with Gasteiger partial charge in [0, 0.05) is 6.92 Å². The molecule has 0 aromatic carbocycles. The van der Waals surface area contributed by atoms with Crippen LogP contribution in [-0.4, -0.2) is 54.7 Å². The zero-order valence-corrected chi connectivity index (χ0v) is 10.5. The summed E-state index contributed by atoms with van der Waals surface area (Å²) in [7, 11) is 3.80. The monoisotopic (exact) mass is 241 g/mol. The molecule has 0 saturated carbocycles. The molecular weight excluding hydrogens is 222 g/mol. The molecule has 1 aromatic heterocycles. The number of hydrogen-bond acceptors (Lipinski definition) is 6. The second-order valence-corrected chi connectivity index (χ2v) is 3.87. The lowest BCUT2D eigenvalue weighted by molar-refractivity contribution is -0.117. The van der Waals surface area contributed by atoms with Crippen molar-refractivity contribution >= 4 is 11.9 Å². The van der Waals surface area contributed by atoms with Gasteiger partial charge < -0.3 is 9.73 Å². The number of carbonyl (C=O) groups is 1. The molecule has 0 saturated heterocycles. The number of aryl methyl sites for hydroxylation is 1. The van der Waals surface area contributed by atoms with E-state index >= 15 is 0 Å². The number of hydrogen-bond donors (Lipinski definition) is 2. The third-order valence-corrected chi connectivity index (χ3v) is 2.15. The normalized spacial score (nSPS) is 10.8. The Kier molecular flexibility index (Phi) is 5.58. The number of nitrogens with zero attached hydrogens (tertiary/aromatic N) is 3. The van der Waals surface area contributed by atoms with Gasteiger partial charge in [-0.2, -0.15) is 0 Å². The maximum atomic E-state index is 11.6. The van der Waals surface area contributed by atoms with Crippen molar-refractivity contribution in [3.63, 3.8) is 0 Å². The molecule has 0 aliphatic heterocycles. The van der Waals surface area contributed by atoms with Crippen molar-refractivity contribution in [2.75, 3.05) is 39.0 Å². The van der Waals surface area contributed by atoms with Crippen LogP contribution in [0.25, 0.3) is 0 Å². The molecule has 1 aromatic rings. The number of rotatable bonds is 7. The molecule has 17 heavy (non-hydrogen) atoms. The van der Waals surface area contributed by atoms with Gasteiger partial charge in [0.15, 0.2) is 0 Å². The summed E-state index contributed by atoms with van der Waals surface area (Å²) in [4.78, 5) is 13.5. The summed E-state index contributed by atoms with van der Waals surface area (Å²) in [5.74, 6) is 0.281. The van der Waals surface area contributed by atoms with Crippen LogP contribution in [0.15, 0.2) is 4.42 Å². The highest BCUT2D eigenvalue weighted by atomic mass is 16.4. The Balaban J connectivity index is 2.24. The second kappa shape index (κ2) is 6.97. The second-order valence-electron chi connectivity index (χ2n) is 3.87. The highest BCUT2D eigenvalue weighted by Crippen LogP contribution is 2.03. The van der Waals surface area contributed by atoms with Crippen LogP contribution in [0.1, 0.15) is 12.3 Å². The molecule has 0 radical (unpaired) electrons. The number of anilines is 1. The first-order valence-corrected chi connectivity index (χ1v) is 5.55. The van der Waals surface area contributed by atoms with Crippen LogP contribution < -0.4 is 10.6 Å². The van der Waals surface area contributed by atoms with E-state index in [-0.39, 0.29) is 11.9 Å². The smallest absolute Gasteiger partial charge is 0.322 e. The summed E-state index contributed by atoms with van der Waals surface area (Å²) in [6.45, 7) is 3.78. The molecule has 96 valence electrons. The van der Waals surface area contributed by atoms with Crippen molar-refractivity contribution in [2.45, 2.75) is 13.3 Å². The minimum absolute atomic E-state index is 0.149. The third-order valence-electron chi connectivity index (χ3n) is 2.15. The Morgan fingerprint density at radius 3 is 2.82 bits per heavy atom. The van der Waals surface area contributed by atoms with Crippen molar-refractivity contribution in [3.8, 4) is 0 Å². The molecule has 7 nitrogen and oxygen atoms in total. The fourth-order valence-corrected chi connectivity index (χ4v) is 1.36. The Hall–Kier alpha value is -1.47. The number of carbonyl (C=O) groups excluding carboxylic acids is 1. The Morgan fingerprint density at radius 2 is 2.24 bits per heavy atom. The molecule has 2 N–H and O–H groups in total. The average molecular weight is 241 g/mol. The predicted octanol–water partition coefficient (Wildman–Crippen LogP) is -0.142. The minimum atomic E-state index is -0.152. The van der Waals surface area contributed by atoms with Crippen LogP contribution in [0.2, 0.25) is 0 Å². The van der Waals surface area contributed by atoms with Crippen molar-refractivity contribution in [1.82, 2.24) is 20.4 Å². The van der Waals surface area contributed by atoms with Crippen molar-refractivity contribution in [3.05, 3.63) is 5.89 Å². The first-order chi connectivity index (χ1) is 8.11. The van der Waals surface area contributed by atoms with E-state index in [2.05, 4.69) is 20.8 Å². The fraction of sp³-hybridized carbons (Fsp3) is 0.700. The standard InChI is InChI=1S/C10H19N5O2/c1-8-13-14-10(17-8)12-9(16)7-15(3)6-4-5-11-2/h11H,4-7H2,1-3H3,(H,12,14,16). The minimum Gasteiger partial charge on any atom is -0.408 e. The highest BCUT2D eigenvalue weighted by Gasteiger charge is 2.09. The van der Waals surface area contributed by atoms with E-state index in [0.717, 1.165) is 19.5 Å². The van der Waals surface area contributed by atoms with E-state index in [4.69, 9.17) is 4.42 Å². The molecule has 1 rings (SSSR count). The van der Waals surface area contributed by atoms with E-state index in [1.165, 1.54) is 0 Å². The van der Waals surface area contributed by atoms with E-state index in [1.807, 2.05) is 19.0 Å². The highest BCUT2D eigenvalue weighted by molar-refractivity contribution is 5.90. The van der Waals surface area contributed by atoms with Crippen molar-refractivity contribution < 1.29 is 9.21 Å². The average Bonchev–Trinajstić information content (AvgIpc) is 2.64. The lowest BCUT2D eigenvalue weighted by atomic mass is 10.4. The van der Waals surface area contributed by atoms with Gasteiger partial charge >= 0.3 is 6.01 Å². The van der Waals surface area contributed by atoms with Crippen LogP contribution >= 0.6 is 0 Å². The largest absolute Gasteiger partial charge is 0.408 e. The molecule has 1 heterocycles. The molecule has 0 aliphatic carbocycles. The van der Waals surface area contributed by atoms with Crippen molar-refractivity contribution in [1.29, 1.82) is 0 Å². The summed E-state index contributed by atoms with van der Waals surface area (Å²) >= 11 is 0. The SMILES string of the molecule is CNCCCN(C)CC(=O)Nc1nnc(C)o1. The summed E-state index contributed by atoms with van der Waals surface area (Å²) in [6.07, 6.45) is 1.000. The number of amides is 1. The molecule has 1 amide bonds. The Bertz CT molecular complexity index is 352. The maximum absolute atomic E-state index is 11.6. The molecule has 0 aliphatic rings. The van der Waals surface area contributed by atoms with Gasteiger partial charge in [-0.3, -0.25) is 15.0 Å². The molecule has 7 heteroatoms. The zero-order chi connectivity index (χ0) is 12.7. The quantitative estimate of drug-likeness (QED) is 0.646. The molecule has 0 unspecified atom stereocenters. The maximum Gasteiger partial charge on any atom is 0.322 e.